The van der Waals surface area contributed by atoms with Gasteiger partial charge in [-0.3, -0.25) is 0 Å². The largest absolute Gasteiger partial charge is 0.477 e. The minimum atomic E-state index is -1.29. The van der Waals surface area contributed by atoms with E-state index in [0.717, 1.165) is 11.1 Å². The van der Waals surface area contributed by atoms with Crippen LogP contribution in [0.3, 0.4) is 0 Å². The Kier molecular flexibility index (Phi) is 7.23. The fraction of sp³-hybridized carbons (Fsp3) is 0.143. The second-order valence-corrected chi connectivity index (χ2v) is 5.89. The van der Waals surface area contributed by atoms with Crippen molar-refractivity contribution in [3.05, 3.63) is 55.5 Å². The van der Waals surface area contributed by atoms with Gasteiger partial charge in [-0.2, -0.15) is 0 Å². The molecule has 1 rings (SSSR count). The molecule has 1 aromatic rings. The lowest BCUT2D eigenvalue weighted by Crippen LogP contribution is -1.99. The van der Waals surface area contributed by atoms with E-state index in [9.17, 15) is 9.59 Å². The second-order valence-electron chi connectivity index (χ2n) is 4.22. The maximum atomic E-state index is 10.7. The van der Waals surface area contributed by atoms with Gasteiger partial charge < -0.3 is 10.2 Å². The van der Waals surface area contributed by atoms with Crippen molar-refractivity contribution < 1.29 is 19.8 Å². The standard InChI is InChI=1S/C14H10Cl4O4/c15-9(11(17)13(19)20)5-7-1-2-8(4-3-7)6-10(16)12(18)14(21)22/h1-4H,5-6H2,(H,19,20)(H,21,22). The quantitative estimate of drug-likeness (QED) is 0.717. The van der Waals surface area contributed by atoms with Gasteiger partial charge in [-0.15, -0.1) is 0 Å². The van der Waals surface area contributed by atoms with Crippen molar-refractivity contribution in [3.63, 3.8) is 0 Å². The number of carboxylic acids is 2. The van der Waals surface area contributed by atoms with Crippen molar-refractivity contribution in [1.29, 1.82) is 0 Å². The van der Waals surface area contributed by atoms with E-state index in [1.54, 1.807) is 24.3 Å². The Morgan fingerprint density at radius 1 is 0.727 bits per heavy atom. The van der Waals surface area contributed by atoms with Gasteiger partial charge in [0, 0.05) is 22.9 Å². The second kappa shape index (κ2) is 8.44. The number of halogens is 4. The van der Waals surface area contributed by atoms with Crippen LogP contribution in [0.2, 0.25) is 0 Å². The Bertz CT molecular complexity index is 590. The number of hydrogen-bond donors (Lipinski definition) is 2. The van der Waals surface area contributed by atoms with Crippen molar-refractivity contribution in [3.8, 4) is 0 Å². The van der Waals surface area contributed by atoms with Crippen LogP contribution in [0, 0.1) is 0 Å². The van der Waals surface area contributed by atoms with Crippen LogP contribution >= 0.6 is 46.4 Å². The van der Waals surface area contributed by atoms with Crippen LogP contribution in [0.15, 0.2) is 44.4 Å². The number of benzene rings is 1. The van der Waals surface area contributed by atoms with E-state index in [1.807, 2.05) is 0 Å². The molecule has 0 unspecified atom stereocenters. The van der Waals surface area contributed by atoms with Gasteiger partial charge >= 0.3 is 11.9 Å². The zero-order valence-corrected chi connectivity index (χ0v) is 14.0. The van der Waals surface area contributed by atoms with Gasteiger partial charge in [-0.25, -0.2) is 9.59 Å². The summed E-state index contributed by atoms with van der Waals surface area (Å²) in [4.78, 5) is 21.3. The van der Waals surface area contributed by atoms with E-state index in [1.165, 1.54) is 0 Å². The van der Waals surface area contributed by atoms with Gasteiger partial charge in [0.05, 0.1) is 0 Å². The molecule has 118 valence electrons. The predicted molar refractivity (Wildman–Crippen MR) is 86.6 cm³/mol. The first kappa shape index (κ1) is 18.8. The molecule has 8 heteroatoms. The number of aliphatic carboxylic acids is 2. The highest BCUT2D eigenvalue weighted by Crippen LogP contribution is 2.22. The molecule has 0 aliphatic heterocycles. The molecule has 0 spiro atoms. The van der Waals surface area contributed by atoms with Crippen LogP contribution in [-0.2, 0) is 22.4 Å². The van der Waals surface area contributed by atoms with Gasteiger partial charge in [0.15, 0.2) is 0 Å². The molecule has 0 atom stereocenters. The first-order chi connectivity index (χ1) is 10.2. The van der Waals surface area contributed by atoms with Gasteiger partial charge in [0.25, 0.3) is 0 Å². The van der Waals surface area contributed by atoms with E-state index in [2.05, 4.69) is 0 Å². The van der Waals surface area contributed by atoms with Crippen LogP contribution in [0.4, 0.5) is 0 Å². The molecule has 0 aliphatic rings. The fourth-order valence-electron chi connectivity index (χ4n) is 1.52. The van der Waals surface area contributed by atoms with Gasteiger partial charge in [-0.1, -0.05) is 70.7 Å². The summed E-state index contributed by atoms with van der Waals surface area (Å²) in [5.41, 5.74) is 1.50. The van der Waals surface area contributed by atoms with Crippen molar-refractivity contribution >= 4 is 58.3 Å². The Hall–Kier alpha value is -1.20. The lowest BCUT2D eigenvalue weighted by Gasteiger charge is -2.05. The third kappa shape index (κ3) is 5.54. The molecule has 0 fully saturated rings. The summed E-state index contributed by atoms with van der Waals surface area (Å²) < 4.78 is 0. The summed E-state index contributed by atoms with van der Waals surface area (Å²) in [7, 11) is 0. The summed E-state index contributed by atoms with van der Waals surface area (Å²) >= 11 is 22.7. The van der Waals surface area contributed by atoms with Crippen molar-refractivity contribution in [1.82, 2.24) is 0 Å². The molecule has 0 bridgehead atoms. The van der Waals surface area contributed by atoms with E-state index >= 15 is 0 Å². The summed E-state index contributed by atoms with van der Waals surface area (Å²) in [6.07, 6.45) is 0.346. The van der Waals surface area contributed by atoms with Crippen LogP contribution in [0.5, 0.6) is 0 Å². The van der Waals surface area contributed by atoms with Crippen LogP contribution in [-0.4, -0.2) is 22.2 Å². The average molecular weight is 384 g/mol. The van der Waals surface area contributed by atoms with E-state index in [-0.39, 0.29) is 22.9 Å². The first-order valence-corrected chi connectivity index (χ1v) is 7.36. The maximum absolute atomic E-state index is 10.7. The van der Waals surface area contributed by atoms with E-state index in [0.29, 0.717) is 0 Å². The SMILES string of the molecule is O=C(O)C(Cl)=C(Cl)Cc1ccc(CC(Cl)=C(Cl)C(=O)O)cc1. The highest BCUT2D eigenvalue weighted by atomic mass is 35.5. The third-order valence-corrected chi connectivity index (χ3v) is 4.21. The Morgan fingerprint density at radius 2 is 1.00 bits per heavy atom. The molecule has 0 saturated heterocycles. The first-order valence-electron chi connectivity index (χ1n) is 5.85. The average Bonchev–Trinajstić information content (AvgIpc) is 2.47. The molecule has 0 saturated carbocycles. The van der Waals surface area contributed by atoms with Crippen LogP contribution < -0.4 is 0 Å². The minimum absolute atomic E-state index is 0.0220. The summed E-state index contributed by atoms with van der Waals surface area (Å²) in [6.45, 7) is 0. The monoisotopic (exact) mass is 382 g/mol. The molecule has 0 aromatic heterocycles. The molecule has 0 radical (unpaired) electrons. The number of rotatable bonds is 6. The number of hydrogen-bond acceptors (Lipinski definition) is 2. The molecule has 1 aromatic carbocycles. The van der Waals surface area contributed by atoms with Crippen molar-refractivity contribution in [2.45, 2.75) is 12.8 Å². The van der Waals surface area contributed by atoms with E-state index in [4.69, 9.17) is 56.6 Å². The zero-order chi connectivity index (χ0) is 16.9. The Balaban J connectivity index is 2.84. The summed E-state index contributed by atoms with van der Waals surface area (Å²) in [5, 5.41) is 16.6. The summed E-state index contributed by atoms with van der Waals surface area (Å²) in [5.74, 6) is -2.58. The molecule has 0 amide bonds. The number of carboxylic acid groups (broad SMARTS) is 2. The van der Waals surface area contributed by atoms with Gasteiger partial charge in [-0.05, 0) is 11.1 Å². The smallest absolute Gasteiger partial charge is 0.348 e. The fourth-order valence-corrected chi connectivity index (χ4v) is 2.12. The molecular formula is C14H10Cl4O4. The van der Waals surface area contributed by atoms with Gasteiger partial charge in [0.2, 0.25) is 0 Å². The molecule has 2 N–H and O–H groups in total. The molecule has 22 heavy (non-hydrogen) atoms. The summed E-state index contributed by atoms with van der Waals surface area (Å²) in [6, 6.07) is 6.84. The number of allylic oxidation sites excluding steroid dienone is 2. The third-order valence-electron chi connectivity index (χ3n) is 2.59. The highest BCUT2D eigenvalue weighted by molar-refractivity contribution is 6.47. The predicted octanol–water partition coefficient (Wildman–Crippen LogP) is 4.32. The lowest BCUT2D eigenvalue weighted by molar-refractivity contribution is -0.132. The van der Waals surface area contributed by atoms with Crippen LogP contribution in [0.1, 0.15) is 11.1 Å². The zero-order valence-electron chi connectivity index (χ0n) is 10.9. The highest BCUT2D eigenvalue weighted by Gasteiger charge is 2.12. The Morgan fingerprint density at radius 3 is 1.23 bits per heavy atom. The molecular weight excluding hydrogens is 374 g/mol. The maximum Gasteiger partial charge on any atom is 0.348 e. The normalized spacial score (nSPS) is 13.3. The Labute approximate surface area is 146 Å². The van der Waals surface area contributed by atoms with Crippen molar-refractivity contribution in [2.24, 2.45) is 0 Å². The molecule has 4 nitrogen and oxygen atoms in total. The lowest BCUT2D eigenvalue weighted by atomic mass is 10.1. The van der Waals surface area contributed by atoms with Gasteiger partial charge in [0.1, 0.15) is 10.1 Å². The van der Waals surface area contributed by atoms with Crippen molar-refractivity contribution in [2.75, 3.05) is 0 Å². The van der Waals surface area contributed by atoms with Crippen LogP contribution in [0.25, 0.3) is 0 Å². The topological polar surface area (TPSA) is 74.6 Å². The van der Waals surface area contributed by atoms with E-state index < -0.39 is 22.0 Å². The number of carbonyl (C=O) groups is 2. The minimum Gasteiger partial charge on any atom is -0.477 e. The molecule has 0 aliphatic carbocycles. The molecule has 0 heterocycles.